The van der Waals surface area contributed by atoms with Crippen molar-refractivity contribution >= 4 is 18.2 Å². The van der Waals surface area contributed by atoms with Crippen molar-refractivity contribution in [1.82, 2.24) is 9.80 Å². The van der Waals surface area contributed by atoms with Crippen molar-refractivity contribution in [3.63, 3.8) is 0 Å². The largest absolute Gasteiger partial charge is 0.502 e. The molecule has 0 unspecified atom stereocenters. The molecule has 0 aliphatic rings. The van der Waals surface area contributed by atoms with E-state index in [0.29, 0.717) is 26.1 Å². The Labute approximate surface area is 205 Å². The maximum atomic E-state index is 11.5. The highest BCUT2D eigenvalue weighted by atomic mass is 16.6. The summed E-state index contributed by atoms with van der Waals surface area (Å²) in [6, 6.07) is 0. The first-order valence-corrected chi connectivity index (χ1v) is 11.0. The van der Waals surface area contributed by atoms with Crippen LogP contribution in [0.25, 0.3) is 0 Å². The first-order valence-electron chi connectivity index (χ1n) is 11.0. The summed E-state index contributed by atoms with van der Waals surface area (Å²) in [5.74, 6) is -0.329. The summed E-state index contributed by atoms with van der Waals surface area (Å²) in [4.78, 5) is 35.5. The van der Waals surface area contributed by atoms with Gasteiger partial charge in [-0.2, -0.15) is 0 Å². The minimum Gasteiger partial charge on any atom is -0.502 e. The minimum atomic E-state index is -0.454. The third-order valence-corrected chi connectivity index (χ3v) is 3.18. The second kappa shape index (κ2) is 19.7. The number of carbonyl (C=O) groups excluding carboxylic acids is 3. The highest BCUT2D eigenvalue weighted by Gasteiger charge is 2.19. The average Bonchev–Trinajstić information content (AvgIpc) is 2.67. The molecule has 0 aromatic rings. The predicted molar refractivity (Wildman–Crippen MR) is 132 cm³/mol. The van der Waals surface area contributed by atoms with Crippen LogP contribution in [0.5, 0.6) is 0 Å². The number of esters is 1. The van der Waals surface area contributed by atoms with Gasteiger partial charge < -0.3 is 33.9 Å². The Balaban J connectivity index is -0.000000461. The van der Waals surface area contributed by atoms with Crippen LogP contribution in [0.4, 0.5) is 9.59 Å². The van der Waals surface area contributed by atoms with E-state index in [1.54, 1.807) is 14.1 Å². The highest BCUT2D eigenvalue weighted by Crippen LogP contribution is 2.09. The molecule has 0 fully saturated rings. The zero-order valence-corrected chi connectivity index (χ0v) is 22.5. The number of hydrogen-bond acceptors (Lipinski definition) is 8. The van der Waals surface area contributed by atoms with Gasteiger partial charge in [0.15, 0.2) is 0 Å². The van der Waals surface area contributed by atoms with Crippen LogP contribution in [0.3, 0.4) is 0 Å². The quantitative estimate of drug-likeness (QED) is 0.220. The molecule has 0 aromatic carbocycles. The highest BCUT2D eigenvalue weighted by molar-refractivity contribution is 5.68. The second-order valence-corrected chi connectivity index (χ2v) is 9.05. The number of hydrogen-bond donors (Lipinski definition) is 1. The molecule has 0 saturated carbocycles. The fourth-order valence-electron chi connectivity index (χ4n) is 1.76. The summed E-state index contributed by atoms with van der Waals surface area (Å²) in [7, 11) is 3.37. The SMILES string of the molecule is C=COC(C)=O.C=COCCCN(C)C(=O)OC(C)(C)C.CN(CCCO)C(=O)OC(C)(C)C. The third kappa shape index (κ3) is 29.2. The van der Waals surface area contributed by atoms with Gasteiger partial charge in [0, 0.05) is 40.7 Å². The first-order chi connectivity index (χ1) is 15.5. The second-order valence-electron chi connectivity index (χ2n) is 9.05. The molecule has 0 radical (unpaired) electrons. The summed E-state index contributed by atoms with van der Waals surface area (Å²) in [5.41, 5.74) is -0.895. The van der Waals surface area contributed by atoms with Crippen LogP contribution in [-0.4, -0.2) is 84.7 Å². The lowest BCUT2D eigenvalue weighted by Gasteiger charge is -2.24. The van der Waals surface area contributed by atoms with Gasteiger partial charge in [0.05, 0.1) is 19.1 Å². The van der Waals surface area contributed by atoms with Gasteiger partial charge in [-0.15, -0.1) is 0 Å². The van der Waals surface area contributed by atoms with Gasteiger partial charge in [-0.1, -0.05) is 13.2 Å². The molecule has 2 amide bonds. The van der Waals surface area contributed by atoms with Gasteiger partial charge >= 0.3 is 18.2 Å². The fraction of sp³-hybridized carbons (Fsp3) is 0.708. The number of nitrogens with zero attached hydrogens (tertiary/aromatic N) is 2. The maximum Gasteiger partial charge on any atom is 0.410 e. The summed E-state index contributed by atoms with van der Waals surface area (Å²) in [5, 5.41) is 8.55. The number of amides is 2. The Morgan fingerprint density at radius 2 is 1.24 bits per heavy atom. The van der Waals surface area contributed by atoms with E-state index >= 15 is 0 Å². The monoisotopic (exact) mass is 490 g/mol. The van der Waals surface area contributed by atoms with E-state index in [4.69, 9.17) is 19.3 Å². The molecular weight excluding hydrogens is 444 g/mol. The molecule has 0 aliphatic heterocycles. The Morgan fingerprint density at radius 3 is 1.50 bits per heavy atom. The predicted octanol–water partition coefficient (Wildman–Crippen LogP) is 4.33. The molecular formula is C24H46N2O8. The first kappa shape index (κ1) is 35.8. The molecule has 200 valence electrons. The van der Waals surface area contributed by atoms with E-state index < -0.39 is 11.2 Å². The molecule has 0 aromatic heterocycles. The van der Waals surface area contributed by atoms with Crippen LogP contribution >= 0.6 is 0 Å². The lowest BCUT2D eigenvalue weighted by Crippen LogP contribution is -2.35. The van der Waals surface area contributed by atoms with Crippen LogP contribution in [0.15, 0.2) is 25.7 Å². The van der Waals surface area contributed by atoms with E-state index in [0.717, 1.165) is 12.7 Å². The molecule has 0 aliphatic carbocycles. The molecule has 10 nitrogen and oxygen atoms in total. The third-order valence-electron chi connectivity index (χ3n) is 3.18. The Bertz CT molecular complexity index is 595. The van der Waals surface area contributed by atoms with Crippen LogP contribution < -0.4 is 0 Å². The summed E-state index contributed by atoms with van der Waals surface area (Å²) < 4.78 is 19.4. The van der Waals surface area contributed by atoms with E-state index in [9.17, 15) is 14.4 Å². The Morgan fingerprint density at radius 1 is 0.824 bits per heavy atom. The van der Waals surface area contributed by atoms with Crippen molar-refractivity contribution in [3.05, 3.63) is 25.7 Å². The topological polar surface area (TPSA) is 115 Å². The van der Waals surface area contributed by atoms with Gasteiger partial charge in [0.2, 0.25) is 0 Å². The number of aliphatic hydroxyl groups excluding tert-OH is 1. The Kier molecular flexibility index (Phi) is 20.8. The molecule has 0 atom stereocenters. The summed E-state index contributed by atoms with van der Waals surface area (Å²) >= 11 is 0. The molecule has 0 bridgehead atoms. The molecule has 10 heteroatoms. The van der Waals surface area contributed by atoms with Crippen LogP contribution in [0, 0.1) is 0 Å². The van der Waals surface area contributed by atoms with Gasteiger partial charge in [-0.05, 0) is 54.4 Å². The van der Waals surface area contributed by atoms with E-state index in [2.05, 4.69) is 17.9 Å². The number of carbonyl (C=O) groups is 3. The van der Waals surface area contributed by atoms with E-state index in [1.165, 1.54) is 23.0 Å². The lowest BCUT2D eigenvalue weighted by atomic mass is 10.2. The zero-order chi connectivity index (χ0) is 27.4. The zero-order valence-electron chi connectivity index (χ0n) is 22.5. The normalized spacial score (nSPS) is 10.2. The molecule has 1 N–H and O–H groups in total. The van der Waals surface area contributed by atoms with Gasteiger partial charge in [-0.25, -0.2) is 9.59 Å². The van der Waals surface area contributed by atoms with Gasteiger partial charge in [0.25, 0.3) is 0 Å². The fourth-order valence-corrected chi connectivity index (χ4v) is 1.76. The van der Waals surface area contributed by atoms with E-state index in [-0.39, 0.29) is 24.8 Å². The standard InChI is InChI=1S/C11H21NO3.C9H19NO3.C4H6O2/c1-6-14-9-7-8-12(5)10(13)15-11(2,3)4;1-9(2,3)13-8(12)10(4)6-5-7-11;1-3-6-4(2)5/h6H,1,7-9H2,2-5H3;11H,5-7H2,1-4H3;3H,1H2,2H3. The van der Waals surface area contributed by atoms with Crippen molar-refractivity contribution in [2.24, 2.45) is 0 Å². The maximum absolute atomic E-state index is 11.5. The number of rotatable bonds is 9. The van der Waals surface area contributed by atoms with Gasteiger partial charge in [-0.3, -0.25) is 4.79 Å². The van der Waals surface area contributed by atoms with Crippen molar-refractivity contribution < 1.29 is 38.4 Å². The van der Waals surface area contributed by atoms with E-state index in [1.807, 2.05) is 41.5 Å². The van der Waals surface area contributed by atoms with Crippen LogP contribution in [0.2, 0.25) is 0 Å². The van der Waals surface area contributed by atoms with Crippen molar-refractivity contribution in [1.29, 1.82) is 0 Å². The molecule has 0 rings (SSSR count). The van der Waals surface area contributed by atoms with Crippen LogP contribution in [-0.2, 0) is 23.7 Å². The Hall–Kier alpha value is -2.75. The average molecular weight is 491 g/mol. The molecule has 0 saturated heterocycles. The van der Waals surface area contributed by atoms with Crippen LogP contribution in [0.1, 0.15) is 61.3 Å². The van der Waals surface area contributed by atoms with Crippen molar-refractivity contribution in [3.8, 4) is 0 Å². The number of ether oxygens (including phenoxy) is 4. The lowest BCUT2D eigenvalue weighted by molar-refractivity contribution is -0.135. The smallest absolute Gasteiger partial charge is 0.410 e. The number of aliphatic hydroxyl groups is 1. The molecule has 0 heterocycles. The summed E-state index contributed by atoms with van der Waals surface area (Å²) in [6.07, 6.45) is 3.19. The summed E-state index contributed by atoms with van der Waals surface area (Å²) in [6.45, 7) is 20.7. The van der Waals surface area contributed by atoms with Gasteiger partial charge in [0.1, 0.15) is 11.2 Å². The minimum absolute atomic E-state index is 0.0904. The van der Waals surface area contributed by atoms with Crippen molar-refractivity contribution in [2.75, 3.05) is 40.4 Å². The van der Waals surface area contributed by atoms with Crippen molar-refractivity contribution in [2.45, 2.75) is 72.5 Å². The molecule has 0 spiro atoms. The molecule has 34 heavy (non-hydrogen) atoms.